The minimum Gasteiger partial charge on any atom is -0.484 e. The topological polar surface area (TPSA) is 48.1 Å². The highest BCUT2D eigenvalue weighted by Gasteiger charge is 2.21. The predicted octanol–water partition coefficient (Wildman–Crippen LogP) is 3.90. The Kier molecular flexibility index (Phi) is 4.99. The molecule has 3 nitrogen and oxygen atoms in total. The Labute approximate surface area is 124 Å². The molecule has 0 aliphatic rings. The predicted molar refractivity (Wildman–Crippen MR) is 82.1 cm³/mol. The number of benzene rings is 1. The Morgan fingerprint density at radius 2 is 2.15 bits per heavy atom. The molecule has 0 aliphatic heterocycles. The zero-order chi connectivity index (χ0) is 14.5. The van der Waals surface area contributed by atoms with Crippen molar-refractivity contribution in [2.45, 2.75) is 32.4 Å². The van der Waals surface area contributed by atoms with E-state index in [1.54, 1.807) is 12.4 Å². The fourth-order valence-corrected chi connectivity index (χ4v) is 2.16. The second-order valence-electron chi connectivity index (χ2n) is 4.81. The zero-order valence-electron chi connectivity index (χ0n) is 11.7. The van der Waals surface area contributed by atoms with E-state index in [0.717, 1.165) is 23.3 Å². The van der Waals surface area contributed by atoms with E-state index in [0.29, 0.717) is 5.02 Å². The molecule has 2 rings (SSSR count). The summed E-state index contributed by atoms with van der Waals surface area (Å²) in [4.78, 5) is 4.14. The van der Waals surface area contributed by atoms with Crippen LogP contribution < -0.4 is 10.5 Å². The second kappa shape index (κ2) is 6.73. The van der Waals surface area contributed by atoms with Gasteiger partial charge < -0.3 is 10.5 Å². The Morgan fingerprint density at radius 1 is 1.35 bits per heavy atom. The number of hydrogen-bond acceptors (Lipinski definition) is 3. The van der Waals surface area contributed by atoms with Crippen molar-refractivity contribution in [3.05, 3.63) is 58.9 Å². The second-order valence-corrected chi connectivity index (χ2v) is 5.24. The van der Waals surface area contributed by atoms with Gasteiger partial charge in [-0.2, -0.15) is 0 Å². The van der Waals surface area contributed by atoms with Gasteiger partial charge in [-0.15, -0.1) is 0 Å². The third-order valence-corrected chi connectivity index (χ3v) is 3.51. The van der Waals surface area contributed by atoms with E-state index >= 15 is 0 Å². The van der Waals surface area contributed by atoms with Gasteiger partial charge in [0.25, 0.3) is 0 Å². The Balaban J connectivity index is 2.31. The van der Waals surface area contributed by atoms with Gasteiger partial charge in [0.1, 0.15) is 11.9 Å². The van der Waals surface area contributed by atoms with E-state index in [1.165, 1.54) is 0 Å². The van der Waals surface area contributed by atoms with Crippen molar-refractivity contribution in [2.75, 3.05) is 0 Å². The van der Waals surface area contributed by atoms with Crippen LogP contribution in [-0.4, -0.2) is 11.0 Å². The van der Waals surface area contributed by atoms with Gasteiger partial charge in [0.05, 0.1) is 0 Å². The first-order chi connectivity index (χ1) is 9.61. The first-order valence-corrected chi connectivity index (χ1v) is 7.08. The van der Waals surface area contributed by atoms with Crippen LogP contribution in [0, 0.1) is 6.92 Å². The smallest absolute Gasteiger partial charge is 0.140 e. The van der Waals surface area contributed by atoms with Crippen LogP contribution >= 0.6 is 11.6 Å². The van der Waals surface area contributed by atoms with Gasteiger partial charge in [-0.05, 0) is 37.1 Å². The van der Waals surface area contributed by atoms with Crippen LogP contribution in [0.1, 0.15) is 30.6 Å². The minimum absolute atomic E-state index is 0.0995. The van der Waals surface area contributed by atoms with E-state index in [9.17, 15) is 0 Å². The molecule has 20 heavy (non-hydrogen) atoms. The monoisotopic (exact) mass is 290 g/mol. The van der Waals surface area contributed by atoms with Gasteiger partial charge in [0, 0.05) is 29.0 Å². The molecule has 1 aromatic heterocycles. The molecule has 4 heteroatoms. The van der Waals surface area contributed by atoms with Crippen molar-refractivity contribution in [3.63, 3.8) is 0 Å². The normalized spacial score (nSPS) is 13.8. The molecule has 2 atom stereocenters. The van der Waals surface area contributed by atoms with Crippen molar-refractivity contribution < 1.29 is 4.74 Å². The molecule has 0 spiro atoms. The van der Waals surface area contributed by atoms with Crippen molar-refractivity contribution in [3.8, 4) is 5.75 Å². The number of pyridine rings is 1. The molecule has 106 valence electrons. The zero-order valence-corrected chi connectivity index (χ0v) is 12.5. The lowest BCUT2D eigenvalue weighted by molar-refractivity contribution is 0.169. The lowest BCUT2D eigenvalue weighted by Crippen LogP contribution is -2.31. The number of aryl methyl sites for hydroxylation is 1. The molecule has 0 aliphatic carbocycles. The van der Waals surface area contributed by atoms with Crippen LogP contribution in [0.15, 0.2) is 42.7 Å². The highest BCUT2D eigenvalue weighted by molar-refractivity contribution is 6.30. The molecular formula is C16H19ClN2O. The van der Waals surface area contributed by atoms with Crippen molar-refractivity contribution in [1.82, 2.24) is 4.98 Å². The third-order valence-electron chi connectivity index (χ3n) is 3.28. The van der Waals surface area contributed by atoms with E-state index in [1.807, 2.05) is 44.2 Å². The summed E-state index contributed by atoms with van der Waals surface area (Å²) in [5, 5.41) is 0.653. The fourth-order valence-electron chi connectivity index (χ4n) is 2.00. The van der Waals surface area contributed by atoms with Crippen LogP contribution in [0.4, 0.5) is 0 Å². The summed E-state index contributed by atoms with van der Waals surface area (Å²) >= 11 is 6.04. The van der Waals surface area contributed by atoms with E-state index in [2.05, 4.69) is 4.98 Å². The lowest BCUT2D eigenvalue weighted by atomic mass is 10.0. The van der Waals surface area contributed by atoms with Crippen LogP contribution in [0.2, 0.25) is 5.02 Å². The fraction of sp³-hybridized carbons (Fsp3) is 0.312. The molecule has 1 aromatic carbocycles. The molecule has 0 saturated carbocycles. The van der Waals surface area contributed by atoms with Crippen LogP contribution in [0.5, 0.6) is 5.75 Å². The van der Waals surface area contributed by atoms with Crippen LogP contribution in [0.25, 0.3) is 0 Å². The van der Waals surface area contributed by atoms with Gasteiger partial charge in [0.2, 0.25) is 0 Å². The number of nitrogens with zero attached hydrogens (tertiary/aromatic N) is 1. The Hall–Kier alpha value is -1.58. The first kappa shape index (κ1) is 14.8. The molecule has 1 heterocycles. The van der Waals surface area contributed by atoms with Gasteiger partial charge in [-0.25, -0.2) is 0 Å². The van der Waals surface area contributed by atoms with Crippen LogP contribution in [-0.2, 0) is 0 Å². The molecule has 0 bridgehead atoms. The molecular weight excluding hydrogens is 272 g/mol. The van der Waals surface area contributed by atoms with Gasteiger partial charge in [-0.3, -0.25) is 4.98 Å². The lowest BCUT2D eigenvalue weighted by Gasteiger charge is -2.25. The average molecular weight is 291 g/mol. The molecule has 2 aromatic rings. The first-order valence-electron chi connectivity index (χ1n) is 6.70. The van der Waals surface area contributed by atoms with Gasteiger partial charge >= 0.3 is 0 Å². The number of hydrogen-bond donors (Lipinski definition) is 1. The summed E-state index contributed by atoms with van der Waals surface area (Å²) in [7, 11) is 0. The summed E-state index contributed by atoms with van der Waals surface area (Å²) < 4.78 is 6.12. The highest BCUT2D eigenvalue weighted by Crippen LogP contribution is 2.29. The van der Waals surface area contributed by atoms with E-state index in [4.69, 9.17) is 22.1 Å². The van der Waals surface area contributed by atoms with Crippen molar-refractivity contribution in [2.24, 2.45) is 5.73 Å². The minimum atomic E-state index is -0.231. The van der Waals surface area contributed by atoms with Gasteiger partial charge in [0.15, 0.2) is 0 Å². The van der Waals surface area contributed by atoms with Gasteiger partial charge in [-0.1, -0.05) is 30.7 Å². The maximum Gasteiger partial charge on any atom is 0.140 e. The largest absolute Gasteiger partial charge is 0.484 e. The molecule has 0 radical (unpaired) electrons. The number of aromatic nitrogens is 1. The van der Waals surface area contributed by atoms with Crippen molar-refractivity contribution >= 4 is 11.6 Å². The summed E-state index contributed by atoms with van der Waals surface area (Å²) in [6.07, 6.45) is 4.12. The number of ether oxygens (including phenoxy) is 1. The third kappa shape index (κ3) is 3.50. The quantitative estimate of drug-likeness (QED) is 0.908. The SMILES string of the molecule is CCC(N)C(Oc1cc(Cl)ccc1C)c1cccnc1. The molecule has 0 amide bonds. The Bertz CT molecular complexity index is 560. The molecule has 0 fully saturated rings. The Morgan fingerprint density at radius 3 is 2.80 bits per heavy atom. The maximum absolute atomic E-state index is 6.20. The van der Waals surface area contributed by atoms with E-state index in [-0.39, 0.29) is 12.1 Å². The maximum atomic E-state index is 6.20. The molecule has 2 N–H and O–H groups in total. The summed E-state index contributed by atoms with van der Waals surface area (Å²) in [6, 6.07) is 9.38. The standard InChI is InChI=1S/C16H19ClN2O/c1-3-14(18)16(12-5-4-8-19-10-12)20-15-9-13(17)7-6-11(15)2/h4-10,14,16H,3,18H2,1-2H3. The highest BCUT2D eigenvalue weighted by atomic mass is 35.5. The average Bonchev–Trinajstić information content (AvgIpc) is 2.48. The number of rotatable bonds is 5. The number of halogens is 1. The van der Waals surface area contributed by atoms with Crippen molar-refractivity contribution in [1.29, 1.82) is 0 Å². The number of nitrogens with two attached hydrogens (primary N) is 1. The summed E-state index contributed by atoms with van der Waals surface area (Å²) in [5.41, 5.74) is 8.21. The molecule has 2 unspecified atom stereocenters. The summed E-state index contributed by atoms with van der Waals surface area (Å²) in [6.45, 7) is 4.03. The van der Waals surface area contributed by atoms with Crippen LogP contribution in [0.3, 0.4) is 0 Å². The van der Waals surface area contributed by atoms with E-state index < -0.39 is 0 Å². The molecule has 0 saturated heterocycles. The summed E-state index contributed by atoms with van der Waals surface area (Å²) in [5.74, 6) is 0.759.